The van der Waals surface area contributed by atoms with Crippen LogP contribution in [0.5, 0.6) is 0 Å². The Kier molecular flexibility index (Phi) is 3.71. The molecule has 27 heavy (non-hydrogen) atoms. The van der Waals surface area contributed by atoms with Crippen molar-refractivity contribution in [3.05, 3.63) is 39.0 Å². The third kappa shape index (κ3) is 3.10. The van der Waals surface area contributed by atoms with Gasteiger partial charge in [-0.1, -0.05) is 0 Å². The Balaban J connectivity index is 1.84. The van der Waals surface area contributed by atoms with Crippen molar-refractivity contribution >= 4 is 20.9 Å². The Morgan fingerprint density at radius 1 is 1.26 bits per heavy atom. The normalized spacial score (nSPS) is 22.7. The fourth-order valence-electron chi connectivity index (χ4n) is 3.18. The fraction of sp³-hybridized carbons (Fsp3) is 0.529. The minimum atomic E-state index is -3.83. The Bertz CT molecular complexity index is 1180. The van der Waals surface area contributed by atoms with Gasteiger partial charge in [0.1, 0.15) is 0 Å². The van der Waals surface area contributed by atoms with Gasteiger partial charge in [-0.15, -0.1) is 0 Å². The van der Waals surface area contributed by atoms with Crippen LogP contribution in [-0.2, 0) is 23.6 Å². The molecule has 2 fully saturated rings. The number of aromatic nitrogens is 2. The summed E-state index contributed by atoms with van der Waals surface area (Å²) in [7, 11) is -2.59. The van der Waals surface area contributed by atoms with Crippen LogP contribution < -0.4 is 16.0 Å². The lowest BCUT2D eigenvalue weighted by molar-refractivity contribution is 0.0950. The second-order valence-electron chi connectivity index (χ2n) is 7.76. The Hall–Kier alpha value is -2.07. The molecule has 0 spiro atoms. The van der Waals surface area contributed by atoms with Crippen molar-refractivity contribution in [3.8, 4) is 0 Å². The number of sulfonamides is 1. The molecule has 2 saturated carbocycles. The molecule has 0 saturated heterocycles. The van der Waals surface area contributed by atoms with Crippen molar-refractivity contribution in [3.63, 3.8) is 0 Å². The SMILES string of the molecule is Cn1c(=O)c2cc(S(=O)(=O)NC3(C)CC3)ccc2n(CC2CC2(F)F)c1=O. The van der Waals surface area contributed by atoms with Gasteiger partial charge < -0.3 is 0 Å². The predicted molar refractivity (Wildman–Crippen MR) is 94.5 cm³/mol. The van der Waals surface area contributed by atoms with E-state index in [2.05, 4.69) is 4.72 Å². The van der Waals surface area contributed by atoms with Gasteiger partial charge in [-0.3, -0.25) is 13.9 Å². The standard InChI is InChI=1S/C17H19F2N3O4S/c1-16(5-6-16)20-27(25,26)11-3-4-13-12(7-11)14(23)21(2)15(24)22(13)9-10-8-17(10,18)19/h3-4,7,10,20H,5-6,8-9H2,1-2H3. The summed E-state index contributed by atoms with van der Waals surface area (Å²) in [6.45, 7) is 1.57. The summed E-state index contributed by atoms with van der Waals surface area (Å²) < 4.78 is 56.3. The van der Waals surface area contributed by atoms with E-state index in [0.717, 1.165) is 22.0 Å². The largest absolute Gasteiger partial charge is 0.331 e. The fourth-order valence-corrected chi connectivity index (χ4v) is 4.67. The number of nitrogens with one attached hydrogen (secondary N) is 1. The second-order valence-corrected chi connectivity index (χ2v) is 9.45. The van der Waals surface area contributed by atoms with Gasteiger partial charge in [0.05, 0.1) is 15.8 Å². The average molecular weight is 399 g/mol. The number of benzene rings is 1. The number of nitrogens with zero attached hydrogens (tertiary/aromatic N) is 2. The maximum Gasteiger partial charge on any atom is 0.331 e. The molecule has 146 valence electrons. The van der Waals surface area contributed by atoms with E-state index in [4.69, 9.17) is 0 Å². The highest BCUT2D eigenvalue weighted by atomic mass is 32.2. The van der Waals surface area contributed by atoms with E-state index in [0.29, 0.717) is 0 Å². The molecule has 1 N–H and O–H groups in total. The number of hydrogen-bond donors (Lipinski definition) is 1. The molecule has 4 rings (SSSR count). The quantitative estimate of drug-likeness (QED) is 0.818. The first-order valence-corrected chi connectivity index (χ1v) is 10.1. The lowest BCUT2D eigenvalue weighted by Gasteiger charge is -2.15. The Morgan fingerprint density at radius 3 is 2.44 bits per heavy atom. The Labute approximate surface area is 153 Å². The van der Waals surface area contributed by atoms with Gasteiger partial charge in [0.15, 0.2) is 0 Å². The molecule has 0 radical (unpaired) electrons. The van der Waals surface area contributed by atoms with Gasteiger partial charge in [-0.2, -0.15) is 0 Å². The van der Waals surface area contributed by atoms with Crippen LogP contribution in [0.1, 0.15) is 26.2 Å². The summed E-state index contributed by atoms with van der Waals surface area (Å²) >= 11 is 0. The molecule has 0 bridgehead atoms. The van der Waals surface area contributed by atoms with Crippen LogP contribution in [-0.4, -0.2) is 29.0 Å². The summed E-state index contributed by atoms with van der Waals surface area (Å²) in [4.78, 5) is 24.8. The smallest absolute Gasteiger partial charge is 0.293 e. The van der Waals surface area contributed by atoms with E-state index in [1.165, 1.54) is 25.2 Å². The van der Waals surface area contributed by atoms with E-state index in [9.17, 15) is 26.8 Å². The molecular formula is C17H19F2N3O4S. The van der Waals surface area contributed by atoms with Gasteiger partial charge in [0.25, 0.3) is 11.5 Å². The molecule has 2 aliphatic rings. The van der Waals surface area contributed by atoms with Crippen LogP contribution in [0.15, 0.2) is 32.7 Å². The number of rotatable bonds is 5. The van der Waals surface area contributed by atoms with E-state index in [-0.39, 0.29) is 28.8 Å². The molecule has 2 aromatic rings. The van der Waals surface area contributed by atoms with E-state index in [1.807, 2.05) is 0 Å². The Morgan fingerprint density at radius 2 is 1.89 bits per heavy atom. The topological polar surface area (TPSA) is 90.2 Å². The lowest BCUT2D eigenvalue weighted by Crippen LogP contribution is -2.39. The first-order chi connectivity index (χ1) is 12.4. The predicted octanol–water partition coefficient (Wildman–Crippen LogP) is 1.19. The third-order valence-electron chi connectivity index (χ3n) is 5.36. The maximum atomic E-state index is 13.3. The zero-order valence-corrected chi connectivity index (χ0v) is 15.6. The zero-order chi connectivity index (χ0) is 19.8. The molecule has 2 aliphatic carbocycles. The summed E-state index contributed by atoms with van der Waals surface area (Å²) in [5.74, 6) is -3.77. The second kappa shape index (κ2) is 5.48. The zero-order valence-electron chi connectivity index (χ0n) is 14.8. The first kappa shape index (κ1) is 18.3. The van der Waals surface area contributed by atoms with E-state index < -0.39 is 38.7 Å². The summed E-state index contributed by atoms with van der Waals surface area (Å²) in [5, 5.41) is 0.00453. The third-order valence-corrected chi connectivity index (χ3v) is 7.00. The van der Waals surface area contributed by atoms with E-state index >= 15 is 0 Å². The van der Waals surface area contributed by atoms with Crippen LogP contribution in [0.2, 0.25) is 0 Å². The molecule has 1 atom stereocenters. The first-order valence-electron chi connectivity index (χ1n) is 8.59. The van der Waals surface area contributed by atoms with Crippen molar-refractivity contribution in [2.45, 2.75) is 49.1 Å². The van der Waals surface area contributed by atoms with Gasteiger partial charge in [-0.25, -0.2) is 26.7 Å². The number of alkyl halides is 2. The van der Waals surface area contributed by atoms with Gasteiger partial charge in [-0.05, 0) is 38.0 Å². The number of hydrogen-bond acceptors (Lipinski definition) is 4. The van der Waals surface area contributed by atoms with E-state index in [1.54, 1.807) is 6.92 Å². The molecule has 10 heteroatoms. The summed E-state index contributed by atoms with van der Waals surface area (Å²) in [6.07, 6.45) is 1.16. The molecule has 1 heterocycles. The molecule has 1 unspecified atom stereocenters. The number of halogens is 2. The molecule has 1 aromatic heterocycles. The number of fused-ring (bicyclic) bond motifs is 1. The monoisotopic (exact) mass is 399 g/mol. The van der Waals surface area contributed by atoms with Gasteiger partial charge in [0.2, 0.25) is 10.0 Å². The minimum Gasteiger partial charge on any atom is -0.293 e. The van der Waals surface area contributed by atoms with Crippen molar-refractivity contribution in [2.75, 3.05) is 0 Å². The van der Waals surface area contributed by atoms with Crippen LogP contribution in [0.3, 0.4) is 0 Å². The molecule has 7 nitrogen and oxygen atoms in total. The average Bonchev–Trinajstić information content (AvgIpc) is 3.46. The van der Waals surface area contributed by atoms with Crippen molar-refractivity contribution in [2.24, 2.45) is 13.0 Å². The van der Waals surface area contributed by atoms with Crippen LogP contribution in [0.4, 0.5) is 8.78 Å². The maximum absolute atomic E-state index is 13.3. The highest BCUT2D eigenvalue weighted by Gasteiger charge is 2.56. The van der Waals surface area contributed by atoms with Crippen molar-refractivity contribution < 1.29 is 17.2 Å². The van der Waals surface area contributed by atoms with Crippen LogP contribution >= 0.6 is 0 Å². The molecule has 1 aromatic carbocycles. The molecular weight excluding hydrogens is 380 g/mol. The summed E-state index contributed by atoms with van der Waals surface area (Å²) in [5.41, 5.74) is -1.69. The molecule has 0 amide bonds. The van der Waals surface area contributed by atoms with Gasteiger partial charge in [0, 0.05) is 31.5 Å². The highest BCUT2D eigenvalue weighted by molar-refractivity contribution is 7.89. The highest BCUT2D eigenvalue weighted by Crippen LogP contribution is 2.49. The minimum absolute atomic E-state index is 0.00453. The van der Waals surface area contributed by atoms with Crippen molar-refractivity contribution in [1.29, 1.82) is 0 Å². The molecule has 0 aliphatic heterocycles. The van der Waals surface area contributed by atoms with Crippen molar-refractivity contribution in [1.82, 2.24) is 13.9 Å². The van der Waals surface area contributed by atoms with Crippen LogP contribution in [0.25, 0.3) is 10.9 Å². The van der Waals surface area contributed by atoms with Gasteiger partial charge >= 0.3 is 5.69 Å². The lowest BCUT2D eigenvalue weighted by atomic mass is 10.2. The van der Waals surface area contributed by atoms with Crippen LogP contribution in [0, 0.1) is 5.92 Å². The summed E-state index contributed by atoms with van der Waals surface area (Å²) in [6, 6.07) is 3.83.